The minimum Gasteiger partial charge on any atom is -0.356 e. The van der Waals surface area contributed by atoms with Crippen LogP contribution in [0.5, 0.6) is 0 Å². The normalized spacial score (nSPS) is 14.6. The Morgan fingerprint density at radius 3 is 2.55 bits per heavy atom. The zero-order chi connectivity index (χ0) is 15.5. The van der Waals surface area contributed by atoms with Crippen molar-refractivity contribution >= 4 is 17.5 Å². The van der Waals surface area contributed by atoms with Gasteiger partial charge in [-0.1, -0.05) is 32.0 Å². The summed E-state index contributed by atoms with van der Waals surface area (Å²) in [4.78, 5) is 11.6. The van der Waals surface area contributed by atoms with E-state index in [0.717, 1.165) is 30.3 Å². The molecule has 0 saturated carbocycles. The van der Waals surface area contributed by atoms with Gasteiger partial charge in [-0.15, -0.1) is 0 Å². The molecule has 22 heavy (non-hydrogen) atoms. The van der Waals surface area contributed by atoms with Gasteiger partial charge in [0, 0.05) is 30.5 Å². The largest absolute Gasteiger partial charge is 0.356 e. The molecule has 1 aliphatic heterocycles. The van der Waals surface area contributed by atoms with E-state index in [1.165, 1.54) is 18.4 Å². The number of rotatable bonds is 4. The Labute approximate surface area is 132 Å². The Morgan fingerprint density at radius 2 is 1.82 bits per heavy atom. The molecule has 0 aliphatic carbocycles. The van der Waals surface area contributed by atoms with Crippen molar-refractivity contribution in [2.24, 2.45) is 0 Å². The first kappa shape index (κ1) is 14.8. The van der Waals surface area contributed by atoms with E-state index >= 15 is 0 Å². The van der Waals surface area contributed by atoms with Crippen LogP contribution >= 0.6 is 0 Å². The number of nitrogens with one attached hydrogen (secondary N) is 1. The second-order valence-corrected chi connectivity index (χ2v) is 6.25. The van der Waals surface area contributed by atoms with Crippen LogP contribution < -0.4 is 10.2 Å². The molecule has 4 nitrogen and oxygen atoms in total. The first-order valence-corrected chi connectivity index (χ1v) is 8.10. The van der Waals surface area contributed by atoms with Crippen molar-refractivity contribution in [1.82, 2.24) is 9.97 Å². The summed E-state index contributed by atoms with van der Waals surface area (Å²) < 4.78 is 0. The predicted molar refractivity (Wildman–Crippen MR) is 92.0 cm³/mol. The molecule has 0 amide bonds. The molecule has 1 aliphatic rings. The molecular formula is C18H24N4. The summed E-state index contributed by atoms with van der Waals surface area (Å²) in [5, 5.41) is 3.41. The molecule has 2 heterocycles. The maximum absolute atomic E-state index is 4.72. The number of aromatic nitrogens is 2. The van der Waals surface area contributed by atoms with Gasteiger partial charge in [0.25, 0.3) is 0 Å². The topological polar surface area (TPSA) is 41.1 Å². The fraction of sp³-hybridized carbons (Fsp3) is 0.444. The monoisotopic (exact) mass is 296 g/mol. The molecule has 2 aromatic rings. The van der Waals surface area contributed by atoms with Crippen molar-refractivity contribution in [2.45, 2.75) is 39.5 Å². The summed E-state index contributed by atoms with van der Waals surface area (Å²) in [5.74, 6) is 2.19. The molecule has 3 rings (SSSR count). The van der Waals surface area contributed by atoms with Crippen molar-refractivity contribution in [3.63, 3.8) is 0 Å². The van der Waals surface area contributed by atoms with Crippen LogP contribution in [0, 0.1) is 6.92 Å². The van der Waals surface area contributed by atoms with Crippen molar-refractivity contribution in [1.29, 1.82) is 0 Å². The van der Waals surface area contributed by atoms with Gasteiger partial charge in [-0.2, -0.15) is 4.98 Å². The highest BCUT2D eigenvalue weighted by molar-refractivity contribution is 5.60. The second kappa shape index (κ2) is 6.34. The molecule has 4 heteroatoms. The van der Waals surface area contributed by atoms with Crippen LogP contribution in [0.1, 0.15) is 43.9 Å². The van der Waals surface area contributed by atoms with E-state index in [1.54, 1.807) is 0 Å². The smallest absolute Gasteiger partial charge is 0.229 e. The molecule has 0 spiro atoms. The van der Waals surface area contributed by atoms with Crippen LogP contribution in [0.4, 0.5) is 17.5 Å². The Balaban J connectivity index is 1.89. The molecule has 1 saturated heterocycles. The summed E-state index contributed by atoms with van der Waals surface area (Å²) in [7, 11) is 0. The van der Waals surface area contributed by atoms with Crippen LogP contribution in [0.25, 0.3) is 0 Å². The number of hydrogen-bond donors (Lipinski definition) is 1. The van der Waals surface area contributed by atoms with Crippen molar-refractivity contribution in [2.75, 3.05) is 23.3 Å². The lowest BCUT2D eigenvalue weighted by Crippen LogP contribution is -2.20. The van der Waals surface area contributed by atoms with E-state index in [1.807, 2.05) is 13.0 Å². The lowest BCUT2D eigenvalue weighted by molar-refractivity contribution is 0.867. The SMILES string of the molecule is Cc1cc(N2CCCC2)nc(Nc2ccccc2C(C)C)n1. The average molecular weight is 296 g/mol. The summed E-state index contributed by atoms with van der Waals surface area (Å²) >= 11 is 0. The van der Waals surface area contributed by atoms with Crippen LogP contribution in [0.15, 0.2) is 30.3 Å². The van der Waals surface area contributed by atoms with Gasteiger partial charge in [-0.25, -0.2) is 4.98 Å². The van der Waals surface area contributed by atoms with Gasteiger partial charge in [-0.3, -0.25) is 0 Å². The van der Waals surface area contributed by atoms with Gasteiger partial charge in [0.15, 0.2) is 0 Å². The van der Waals surface area contributed by atoms with Crippen molar-refractivity contribution < 1.29 is 0 Å². The zero-order valence-electron chi connectivity index (χ0n) is 13.6. The predicted octanol–water partition coefficient (Wildman–Crippen LogP) is 4.25. The Kier molecular flexibility index (Phi) is 4.27. The molecule has 1 fully saturated rings. The molecule has 1 aromatic heterocycles. The Morgan fingerprint density at radius 1 is 1.09 bits per heavy atom. The third-order valence-corrected chi connectivity index (χ3v) is 4.10. The highest BCUT2D eigenvalue weighted by Crippen LogP contribution is 2.27. The zero-order valence-corrected chi connectivity index (χ0v) is 13.6. The lowest BCUT2D eigenvalue weighted by Gasteiger charge is -2.19. The van der Waals surface area contributed by atoms with E-state index in [4.69, 9.17) is 4.98 Å². The van der Waals surface area contributed by atoms with Gasteiger partial charge >= 0.3 is 0 Å². The van der Waals surface area contributed by atoms with Crippen LogP contribution in [0.3, 0.4) is 0 Å². The molecule has 0 radical (unpaired) electrons. The summed E-state index contributed by atoms with van der Waals surface area (Å²) in [6, 6.07) is 10.4. The lowest BCUT2D eigenvalue weighted by atomic mass is 10.0. The molecule has 0 unspecified atom stereocenters. The van der Waals surface area contributed by atoms with Gasteiger partial charge < -0.3 is 10.2 Å². The van der Waals surface area contributed by atoms with E-state index in [9.17, 15) is 0 Å². The fourth-order valence-electron chi connectivity index (χ4n) is 2.95. The van der Waals surface area contributed by atoms with Crippen LogP contribution in [-0.4, -0.2) is 23.1 Å². The third kappa shape index (κ3) is 3.21. The third-order valence-electron chi connectivity index (χ3n) is 4.10. The quantitative estimate of drug-likeness (QED) is 0.915. The molecule has 1 aromatic carbocycles. The summed E-state index contributed by atoms with van der Waals surface area (Å²) in [6.45, 7) is 8.62. The Hall–Kier alpha value is -2.10. The van der Waals surface area contributed by atoms with E-state index < -0.39 is 0 Å². The van der Waals surface area contributed by atoms with Gasteiger partial charge in [-0.05, 0) is 37.3 Å². The standard InChI is InChI=1S/C18H24N4/c1-13(2)15-8-4-5-9-16(15)20-18-19-14(3)12-17(21-18)22-10-6-7-11-22/h4-5,8-9,12-13H,6-7,10-11H2,1-3H3,(H,19,20,21). The van der Waals surface area contributed by atoms with Gasteiger partial charge in [0.2, 0.25) is 5.95 Å². The minimum absolute atomic E-state index is 0.464. The first-order chi connectivity index (χ1) is 10.6. The highest BCUT2D eigenvalue weighted by Gasteiger charge is 2.15. The van der Waals surface area contributed by atoms with Crippen molar-refractivity contribution in [3.05, 3.63) is 41.6 Å². The molecule has 0 bridgehead atoms. The number of nitrogens with zero attached hydrogens (tertiary/aromatic N) is 3. The maximum atomic E-state index is 4.72. The average Bonchev–Trinajstić information content (AvgIpc) is 3.01. The van der Waals surface area contributed by atoms with Crippen LogP contribution in [0.2, 0.25) is 0 Å². The van der Waals surface area contributed by atoms with Crippen LogP contribution in [-0.2, 0) is 0 Å². The molecule has 0 atom stereocenters. The van der Waals surface area contributed by atoms with Gasteiger partial charge in [0.1, 0.15) is 5.82 Å². The van der Waals surface area contributed by atoms with Crippen molar-refractivity contribution in [3.8, 4) is 0 Å². The Bertz CT molecular complexity index is 645. The molecule has 1 N–H and O–H groups in total. The van der Waals surface area contributed by atoms with E-state index in [0.29, 0.717) is 11.9 Å². The number of anilines is 3. The molecular weight excluding hydrogens is 272 g/mol. The number of hydrogen-bond acceptors (Lipinski definition) is 4. The molecule has 116 valence electrons. The van der Waals surface area contributed by atoms with E-state index in [-0.39, 0.29) is 0 Å². The summed E-state index contributed by atoms with van der Waals surface area (Å²) in [5.41, 5.74) is 3.38. The second-order valence-electron chi connectivity index (χ2n) is 6.25. The number of aryl methyl sites for hydroxylation is 1. The summed E-state index contributed by atoms with van der Waals surface area (Å²) in [6.07, 6.45) is 2.50. The maximum Gasteiger partial charge on any atom is 0.229 e. The first-order valence-electron chi connectivity index (χ1n) is 8.10. The highest BCUT2D eigenvalue weighted by atomic mass is 15.2. The minimum atomic E-state index is 0.464. The number of benzene rings is 1. The number of para-hydroxylation sites is 1. The van der Waals surface area contributed by atoms with E-state index in [2.05, 4.69) is 53.3 Å². The fourth-order valence-corrected chi connectivity index (χ4v) is 2.95. The van der Waals surface area contributed by atoms with Gasteiger partial charge in [0.05, 0.1) is 0 Å².